The van der Waals surface area contributed by atoms with Crippen LogP contribution in [0, 0.1) is 11.3 Å². The number of amides is 3. The van der Waals surface area contributed by atoms with Crippen LogP contribution in [0.2, 0.25) is 0 Å². The Morgan fingerprint density at radius 3 is 2.79 bits per heavy atom. The fourth-order valence-electron chi connectivity index (χ4n) is 4.93. The maximum Gasteiger partial charge on any atom is 0.352 e. The molecule has 0 unspecified atom stereocenters. The van der Waals surface area contributed by atoms with Crippen molar-refractivity contribution in [3.63, 3.8) is 0 Å². The zero-order valence-corrected chi connectivity index (χ0v) is 22.3. The van der Waals surface area contributed by atoms with E-state index < -0.39 is 29.2 Å². The number of nitrogens with two attached hydrogens (primary N) is 1. The fraction of sp³-hybridized carbons (Fsp3) is 0.458. The number of carbonyl (C=O) groups excluding carboxylic acids is 3. The van der Waals surface area contributed by atoms with Gasteiger partial charge in [-0.3, -0.25) is 19.3 Å². The van der Waals surface area contributed by atoms with E-state index in [2.05, 4.69) is 15.5 Å². The van der Waals surface area contributed by atoms with Gasteiger partial charge in [0.1, 0.15) is 35.5 Å². The number of carboxylic acid groups (broad SMARTS) is 1. The third-order valence-corrected chi connectivity index (χ3v) is 8.86. The zero-order valence-electron chi connectivity index (χ0n) is 20.7. The number of rotatable bonds is 8. The molecule has 1 aromatic rings. The van der Waals surface area contributed by atoms with Gasteiger partial charge in [-0.15, -0.1) is 23.1 Å². The Kier molecular flexibility index (Phi) is 7.58. The molecule has 3 fully saturated rings. The number of hydrogen-bond donors (Lipinski definition) is 3. The molecule has 1 aliphatic carbocycles. The van der Waals surface area contributed by atoms with Gasteiger partial charge in [0.05, 0.1) is 6.07 Å². The molecule has 39 heavy (non-hydrogen) atoms. The summed E-state index contributed by atoms with van der Waals surface area (Å²) in [5.41, 5.74) is 6.35. The summed E-state index contributed by atoms with van der Waals surface area (Å²) in [6.07, 6.45) is 5.47. The number of thioether (sulfide) groups is 1. The van der Waals surface area contributed by atoms with E-state index in [0.717, 1.165) is 41.9 Å². The van der Waals surface area contributed by atoms with Crippen LogP contribution in [-0.2, 0) is 24.0 Å². The largest absolute Gasteiger partial charge is 0.477 e. The summed E-state index contributed by atoms with van der Waals surface area (Å²) in [6.45, 7) is 0.327. The molecule has 2 saturated heterocycles. The van der Waals surface area contributed by atoms with Gasteiger partial charge in [-0.2, -0.15) is 5.26 Å². The van der Waals surface area contributed by atoms with Gasteiger partial charge < -0.3 is 25.9 Å². The fourth-order valence-corrected chi connectivity index (χ4v) is 6.79. The van der Waals surface area contributed by atoms with Crippen LogP contribution in [0.5, 0.6) is 0 Å². The van der Waals surface area contributed by atoms with E-state index >= 15 is 0 Å². The van der Waals surface area contributed by atoms with Crippen LogP contribution in [0.15, 0.2) is 33.5 Å². The number of aromatic nitrogens is 1. The molecule has 0 spiro atoms. The maximum absolute atomic E-state index is 13.2. The number of thiazole rings is 1. The lowest BCUT2D eigenvalue weighted by atomic mass is 10.0. The molecule has 4 N–H and O–H groups in total. The number of hydrogen-bond acceptors (Lipinski definition) is 11. The first-order valence-corrected chi connectivity index (χ1v) is 14.2. The number of oxime groups is 1. The van der Waals surface area contributed by atoms with E-state index in [-0.39, 0.29) is 46.5 Å². The molecule has 204 valence electrons. The Morgan fingerprint density at radius 2 is 2.13 bits per heavy atom. The Hall–Kier alpha value is -3.90. The number of allylic oxidation sites excluding steroid dienone is 1. The van der Waals surface area contributed by atoms with Gasteiger partial charge in [0.25, 0.3) is 17.7 Å². The van der Waals surface area contributed by atoms with Gasteiger partial charge in [0, 0.05) is 23.3 Å². The number of nitrogens with one attached hydrogen (secondary N) is 1. The third kappa shape index (κ3) is 5.21. The normalized spacial score (nSPS) is 24.6. The van der Waals surface area contributed by atoms with Crippen molar-refractivity contribution in [3.05, 3.63) is 34.0 Å². The molecule has 3 aliphatic heterocycles. The van der Waals surface area contributed by atoms with Crippen molar-refractivity contribution in [1.29, 1.82) is 5.26 Å². The second-order valence-corrected chi connectivity index (χ2v) is 11.4. The topological polar surface area (TPSA) is 191 Å². The van der Waals surface area contributed by atoms with Crippen LogP contribution >= 0.6 is 23.1 Å². The lowest BCUT2D eigenvalue weighted by molar-refractivity contribution is -0.150. The minimum atomic E-state index is -1.31. The number of carboxylic acids is 1. The van der Waals surface area contributed by atoms with Gasteiger partial charge >= 0.3 is 5.97 Å². The first-order chi connectivity index (χ1) is 18.8. The Balaban J connectivity index is 1.34. The highest BCUT2D eigenvalue weighted by molar-refractivity contribution is 8.00. The SMILES string of the molecule is N#CCN1CC/C(=C\C2=C(C(=O)O)N3C(=O)[C@@H](NC(=O)/C(=N\OC4CCCC4)c4csc(N)n4)[C@H]3SC2)C1=O. The van der Waals surface area contributed by atoms with E-state index in [0.29, 0.717) is 24.1 Å². The highest BCUT2D eigenvalue weighted by Crippen LogP contribution is 2.41. The smallest absolute Gasteiger partial charge is 0.352 e. The summed E-state index contributed by atoms with van der Waals surface area (Å²) >= 11 is 2.42. The first-order valence-electron chi connectivity index (χ1n) is 12.3. The third-order valence-electron chi connectivity index (χ3n) is 6.88. The highest BCUT2D eigenvalue weighted by atomic mass is 32.2. The van der Waals surface area contributed by atoms with Crippen molar-refractivity contribution < 1.29 is 29.1 Å². The average molecular weight is 572 g/mol. The lowest BCUT2D eigenvalue weighted by Crippen LogP contribution is -2.71. The highest BCUT2D eigenvalue weighted by Gasteiger charge is 2.54. The number of nitrogens with zero attached hydrogens (tertiary/aromatic N) is 5. The molecule has 13 nitrogen and oxygen atoms in total. The molecular weight excluding hydrogens is 546 g/mol. The molecule has 0 aromatic carbocycles. The molecule has 15 heteroatoms. The molecule has 5 rings (SSSR count). The van der Waals surface area contributed by atoms with Gasteiger partial charge in [0.2, 0.25) is 0 Å². The van der Waals surface area contributed by atoms with Gasteiger partial charge in [0.15, 0.2) is 10.8 Å². The van der Waals surface area contributed by atoms with Crippen molar-refractivity contribution in [3.8, 4) is 6.07 Å². The van der Waals surface area contributed by atoms with E-state index in [1.807, 2.05) is 6.07 Å². The Labute approximate surface area is 231 Å². The van der Waals surface area contributed by atoms with Crippen LogP contribution in [0.25, 0.3) is 0 Å². The second-order valence-electron chi connectivity index (χ2n) is 9.37. The van der Waals surface area contributed by atoms with Crippen molar-refractivity contribution in [1.82, 2.24) is 20.1 Å². The lowest BCUT2D eigenvalue weighted by Gasteiger charge is -2.49. The number of fused-ring (bicyclic) bond motifs is 1. The Morgan fingerprint density at radius 1 is 1.36 bits per heavy atom. The quantitative estimate of drug-likeness (QED) is 0.132. The predicted octanol–water partition coefficient (Wildman–Crippen LogP) is 0.809. The summed E-state index contributed by atoms with van der Waals surface area (Å²) in [5.74, 6) is -2.69. The molecule has 3 amide bonds. The molecule has 1 aromatic heterocycles. The molecule has 0 radical (unpaired) electrons. The summed E-state index contributed by atoms with van der Waals surface area (Å²) in [5, 5.41) is 26.7. The molecule has 0 bridgehead atoms. The Bertz CT molecular complexity index is 1360. The van der Waals surface area contributed by atoms with E-state index in [4.69, 9.17) is 15.8 Å². The number of anilines is 1. The van der Waals surface area contributed by atoms with Crippen LogP contribution in [-0.4, -0.2) is 85.7 Å². The van der Waals surface area contributed by atoms with E-state index in [1.165, 1.54) is 22.7 Å². The summed E-state index contributed by atoms with van der Waals surface area (Å²) in [7, 11) is 0. The van der Waals surface area contributed by atoms with Crippen molar-refractivity contribution in [2.45, 2.75) is 49.6 Å². The standard InChI is InChI=1S/C24H25N7O6S2/c25-6-8-30-7-5-12(20(30)33)9-13-10-38-22-17(21(34)31(22)18(13)23(35)36)28-19(32)16(15-11-39-24(26)27-15)29-37-14-3-1-2-4-14/h9,11,14,17,22H,1-5,7-8,10H2,(H2,26,27)(H,28,32)(H,35,36)/b12-9+,29-16-/t17-,22-/m1/s1. The van der Waals surface area contributed by atoms with Crippen molar-refractivity contribution >= 4 is 57.6 Å². The van der Waals surface area contributed by atoms with Crippen molar-refractivity contribution in [2.75, 3.05) is 24.6 Å². The summed E-state index contributed by atoms with van der Waals surface area (Å²) in [4.78, 5) is 63.3. The molecule has 1 saturated carbocycles. The van der Waals surface area contributed by atoms with Gasteiger partial charge in [-0.1, -0.05) is 5.16 Å². The molecule has 2 atom stereocenters. The van der Waals surface area contributed by atoms with Gasteiger partial charge in [-0.05, 0) is 43.8 Å². The number of nitrogen functional groups attached to an aromatic ring is 1. The summed E-state index contributed by atoms with van der Waals surface area (Å²) in [6, 6.07) is 0.947. The van der Waals surface area contributed by atoms with Crippen LogP contribution < -0.4 is 11.1 Å². The van der Waals surface area contributed by atoms with Crippen LogP contribution in [0.4, 0.5) is 5.13 Å². The summed E-state index contributed by atoms with van der Waals surface area (Å²) < 4.78 is 0. The number of carbonyl (C=O) groups is 4. The van der Waals surface area contributed by atoms with Gasteiger partial charge in [-0.25, -0.2) is 9.78 Å². The molecule has 4 heterocycles. The minimum absolute atomic E-state index is 0.0473. The van der Waals surface area contributed by atoms with Crippen LogP contribution in [0.1, 0.15) is 37.8 Å². The average Bonchev–Trinajstić information content (AvgIpc) is 3.66. The number of likely N-dealkylation sites (tertiary alicyclic amines) is 1. The number of aliphatic carboxylic acids is 1. The van der Waals surface area contributed by atoms with Crippen LogP contribution in [0.3, 0.4) is 0 Å². The monoisotopic (exact) mass is 571 g/mol. The zero-order chi connectivity index (χ0) is 27.7. The maximum atomic E-state index is 13.2. The predicted molar refractivity (Wildman–Crippen MR) is 141 cm³/mol. The first kappa shape index (κ1) is 26.7. The number of β-lactam (4-membered cyclic amide) rings is 1. The molecular formula is C24H25N7O6S2. The van der Waals surface area contributed by atoms with E-state index in [1.54, 1.807) is 5.38 Å². The molecule has 4 aliphatic rings. The van der Waals surface area contributed by atoms with E-state index in [9.17, 15) is 24.3 Å². The minimum Gasteiger partial charge on any atom is -0.477 e. The van der Waals surface area contributed by atoms with Crippen molar-refractivity contribution in [2.24, 2.45) is 5.16 Å². The number of nitriles is 1. The second kappa shape index (κ2) is 11.1.